The minimum absolute atomic E-state index is 0.326. The van der Waals surface area contributed by atoms with E-state index in [1.54, 1.807) is 6.20 Å². The summed E-state index contributed by atoms with van der Waals surface area (Å²) in [6.45, 7) is 8.04. The second-order valence-corrected chi connectivity index (χ2v) is 5.30. The summed E-state index contributed by atoms with van der Waals surface area (Å²) in [6.07, 6.45) is 1.72. The standard InChI is InChI=1S/C13H15BrN2O2/c1-7(13(17)18-4)11-5-10(14)6-15-12(11)16-8(2)9(16)3/h5-6,8-9H,1H2,2-4H3. The third kappa shape index (κ3) is 2.14. The molecule has 0 bridgehead atoms. The quantitative estimate of drug-likeness (QED) is 0.489. The van der Waals surface area contributed by atoms with Crippen LogP contribution in [-0.4, -0.2) is 30.1 Å². The van der Waals surface area contributed by atoms with Crippen molar-refractivity contribution >= 4 is 33.3 Å². The highest BCUT2D eigenvalue weighted by molar-refractivity contribution is 9.10. The number of anilines is 1. The van der Waals surface area contributed by atoms with Gasteiger partial charge in [-0.05, 0) is 35.8 Å². The monoisotopic (exact) mass is 310 g/mol. The van der Waals surface area contributed by atoms with E-state index in [9.17, 15) is 4.79 Å². The third-order valence-electron chi connectivity index (χ3n) is 3.32. The average molecular weight is 311 g/mol. The van der Waals surface area contributed by atoms with E-state index < -0.39 is 5.97 Å². The molecule has 96 valence electrons. The predicted molar refractivity (Wildman–Crippen MR) is 74.4 cm³/mol. The number of halogens is 1. The van der Waals surface area contributed by atoms with Gasteiger partial charge in [0, 0.05) is 28.3 Å². The maximum atomic E-state index is 11.6. The first-order valence-electron chi connectivity index (χ1n) is 5.68. The van der Waals surface area contributed by atoms with Gasteiger partial charge in [-0.1, -0.05) is 6.58 Å². The van der Waals surface area contributed by atoms with Crippen LogP contribution in [-0.2, 0) is 9.53 Å². The van der Waals surface area contributed by atoms with Gasteiger partial charge in [0.15, 0.2) is 0 Å². The number of methoxy groups -OCH3 is 1. The number of carbonyl (C=O) groups is 1. The van der Waals surface area contributed by atoms with Crippen LogP contribution >= 0.6 is 15.9 Å². The number of hydrogen-bond donors (Lipinski definition) is 0. The normalized spacial score (nSPS) is 21.7. The molecular weight excluding hydrogens is 296 g/mol. The largest absolute Gasteiger partial charge is 0.465 e. The Morgan fingerprint density at radius 1 is 1.50 bits per heavy atom. The number of pyridine rings is 1. The molecule has 1 aliphatic rings. The van der Waals surface area contributed by atoms with Crippen molar-refractivity contribution in [1.82, 2.24) is 4.98 Å². The molecule has 0 saturated carbocycles. The first-order valence-corrected chi connectivity index (χ1v) is 6.48. The smallest absolute Gasteiger partial charge is 0.337 e. The Morgan fingerprint density at radius 2 is 2.11 bits per heavy atom. The number of nitrogens with zero attached hydrogens (tertiary/aromatic N) is 2. The molecule has 1 aromatic heterocycles. The topological polar surface area (TPSA) is 42.2 Å². The SMILES string of the molecule is C=C(C(=O)OC)c1cc(Br)cnc1N1C(C)C1C. The third-order valence-corrected chi connectivity index (χ3v) is 3.75. The fourth-order valence-electron chi connectivity index (χ4n) is 1.98. The zero-order valence-corrected chi connectivity index (χ0v) is 12.2. The number of carbonyl (C=O) groups excluding carboxylic acids is 1. The lowest BCUT2D eigenvalue weighted by molar-refractivity contribution is -0.133. The van der Waals surface area contributed by atoms with E-state index in [-0.39, 0.29) is 0 Å². The lowest BCUT2D eigenvalue weighted by Gasteiger charge is -2.12. The Balaban J connectivity index is 2.42. The Labute approximate surface area is 115 Å². The molecular formula is C13H15BrN2O2. The Morgan fingerprint density at radius 3 is 2.61 bits per heavy atom. The first kappa shape index (κ1) is 13.1. The van der Waals surface area contributed by atoms with Gasteiger partial charge in [-0.3, -0.25) is 0 Å². The van der Waals surface area contributed by atoms with Gasteiger partial charge < -0.3 is 9.64 Å². The molecule has 5 heteroatoms. The van der Waals surface area contributed by atoms with Crippen LogP contribution in [0, 0.1) is 0 Å². The zero-order valence-electron chi connectivity index (χ0n) is 10.6. The molecule has 1 saturated heterocycles. The minimum Gasteiger partial charge on any atom is -0.465 e. The molecule has 0 N–H and O–H groups in total. The van der Waals surface area contributed by atoms with Crippen molar-refractivity contribution in [1.29, 1.82) is 0 Å². The van der Waals surface area contributed by atoms with Gasteiger partial charge in [-0.2, -0.15) is 0 Å². The predicted octanol–water partition coefficient (Wildman–Crippen LogP) is 2.63. The van der Waals surface area contributed by atoms with Crippen molar-refractivity contribution in [2.75, 3.05) is 12.0 Å². The van der Waals surface area contributed by atoms with E-state index in [1.807, 2.05) is 6.07 Å². The van der Waals surface area contributed by atoms with Gasteiger partial charge in [-0.25, -0.2) is 9.78 Å². The molecule has 18 heavy (non-hydrogen) atoms. The number of ether oxygens (including phenoxy) is 1. The van der Waals surface area contributed by atoms with Crippen molar-refractivity contribution in [3.8, 4) is 0 Å². The highest BCUT2D eigenvalue weighted by Crippen LogP contribution is 2.38. The minimum atomic E-state index is -0.432. The number of aromatic nitrogens is 1. The van der Waals surface area contributed by atoms with E-state index >= 15 is 0 Å². The zero-order chi connectivity index (χ0) is 13.4. The van der Waals surface area contributed by atoms with E-state index in [0.29, 0.717) is 23.2 Å². The first-order chi connectivity index (χ1) is 8.47. The van der Waals surface area contributed by atoms with Crippen molar-refractivity contribution in [3.05, 3.63) is 28.9 Å². The van der Waals surface area contributed by atoms with Crippen molar-refractivity contribution < 1.29 is 9.53 Å². The Hall–Kier alpha value is -1.36. The summed E-state index contributed by atoms with van der Waals surface area (Å²) in [7, 11) is 1.35. The fourth-order valence-corrected chi connectivity index (χ4v) is 2.31. The van der Waals surface area contributed by atoms with Gasteiger partial charge in [-0.15, -0.1) is 0 Å². The molecule has 0 amide bonds. The van der Waals surface area contributed by atoms with Crippen LogP contribution in [0.1, 0.15) is 19.4 Å². The van der Waals surface area contributed by atoms with Crippen LogP contribution in [0.4, 0.5) is 5.82 Å². The molecule has 0 aromatic carbocycles. The lowest BCUT2D eigenvalue weighted by Crippen LogP contribution is -2.09. The summed E-state index contributed by atoms with van der Waals surface area (Å²) >= 11 is 3.36. The van der Waals surface area contributed by atoms with Gasteiger partial charge in [0.25, 0.3) is 0 Å². The summed E-state index contributed by atoms with van der Waals surface area (Å²) in [4.78, 5) is 18.1. The molecule has 2 heterocycles. The number of hydrogen-bond acceptors (Lipinski definition) is 4. The van der Waals surface area contributed by atoms with Crippen LogP contribution in [0.25, 0.3) is 5.57 Å². The molecule has 1 fully saturated rings. The summed E-state index contributed by atoms with van der Waals surface area (Å²) in [5, 5.41) is 0. The number of rotatable bonds is 3. The Bertz CT molecular complexity index is 508. The maximum absolute atomic E-state index is 11.6. The molecule has 0 aliphatic carbocycles. The van der Waals surface area contributed by atoms with E-state index in [0.717, 1.165) is 10.3 Å². The van der Waals surface area contributed by atoms with E-state index in [4.69, 9.17) is 4.74 Å². The van der Waals surface area contributed by atoms with Crippen molar-refractivity contribution in [3.63, 3.8) is 0 Å². The molecule has 1 aromatic rings. The van der Waals surface area contributed by atoms with Crippen LogP contribution in [0.5, 0.6) is 0 Å². The molecule has 2 atom stereocenters. The van der Waals surface area contributed by atoms with Gasteiger partial charge in [0.1, 0.15) is 5.82 Å². The van der Waals surface area contributed by atoms with Crippen LogP contribution in [0.3, 0.4) is 0 Å². The van der Waals surface area contributed by atoms with Crippen LogP contribution < -0.4 is 4.90 Å². The summed E-state index contributed by atoms with van der Waals surface area (Å²) < 4.78 is 5.53. The maximum Gasteiger partial charge on any atom is 0.337 e. The second-order valence-electron chi connectivity index (χ2n) is 4.38. The van der Waals surface area contributed by atoms with Gasteiger partial charge >= 0.3 is 5.97 Å². The highest BCUT2D eigenvalue weighted by atomic mass is 79.9. The second kappa shape index (κ2) is 4.72. The Kier molecular flexibility index (Phi) is 3.43. The molecule has 0 radical (unpaired) electrons. The molecule has 2 unspecified atom stereocenters. The van der Waals surface area contributed by atoms with Crippen LogP contribution in [0.2, 0.25) is 0 Å². The summed E-state index contributed by atoms with van der Waals surface area (Å²) in [5.74, 6) is 0.354. The average Bonchev–Trinajstić information content (AvgIpc) is 2.95. The molecule has 0 spiro atoms. The highest BCUT2D eigenvalue weighted by Gasteiger charge is 2.42. The molecule has 1 aliphatic heterocycles. The molecule has 4 nitrogen and oxygen atoms in total. The number of esters is 1. The van der Waals surface area contributed by atoms with Crippen molar-refractivity contribution in [2.45, 2.75) is 25.9 Å². The van der Waals surface area contributed by atoms with Gasteiger partial charge in [0.05, 0.1) is 12.7 Å². The fraction of sp³-hybridized carbons (Fsp3) is 0.385. The van der Waals surface area contributed by atoms with Crippen molar-refractivity contribution in [2.24, 2.45) is 0 Å². The molecule has 2 rings (SSSR count). The van der Waals surface area contributed by atoms with E-state index in [1.165, 1.54) is 7.11 Å². The summed E-state index contributed by atoms with van der Waals surface area (Å²) in [5.41, 5.74) is 1.04. The lowest BCUT2D eigenvalue weighted by atomic mass is 10.1. The van der Waals surface area contributed by atoms with Gasteiger partial charge in [0.2, 0.25) is 0 Å². The summed E-state index contributed by atoms with van der Waals surface area (Å²) in [6, 6.07) is 2.71. The van der Waals surface area contributed by atoms with Crippen LogP contribution in [0.15, 0.2) is 23.3 Å². The van der Waals surface area contributed by atoms with E-state index in [2.05, 4.69) is 46.2 Å².